The molecule has 0 aliphatic carbocycles. The van der Waals surface area contributed by atoms with E-state index in [1.807, 2.05) is 6.07 Å². The molecular formula is C14H11FN6. The molecule has 7 heteroatoms. The van der Waals surface area contributed by atoms with Crippen LogP contribution in [0.1, 0.15) is 5.56 Å². The molecule has 0 aliphatic heterocycles. The molecule has 0 saturated carbocycles. The molecule has 0 atom stereocenters. The highest BCUT2D eigenvalue weighted by atomic mass is 19.1. The van der Waals surface area contributed by atoms with E-state index in [9.17, 15) is 4.39 Å². The summed E-state index contributed by atoms with van der Waals surface area (Å²) in [6.07, 6.45) is 5.19. The lowest BCUT2D eigenvalue weighted by Gasteiger charge is -2.10. The van der Waals surface area contributed by atoms with Crippen molar-refractivity contribution < 1.29 is 4.39 Å². The van der Waals surface area contributed by atoms with Crippen molar-refractivity contribution in [3.63, 3.8) is 0 Å². The van der Waals surface area contributed by atoms with Gasteiger partial charge in [-0.1, -0.05) is 0 Å². The van der Waals surface area contributed by atoms with Gasteiger partial charge in [0.25, 0.3) is 0 Å². The number of hydrogen-bond donors (Lipinski definition) is 2. The molecule has 0 amide bonds. The number of anilines is 3. The lowest BCUT2D eigenvalue weighted by Crippen LogP contribution is -2.03. The first-order chi connectivity index (χ1) is 10.2. The minimum atomic E-state index is -0.518. The summed E-state index contributed by atoms with van der Waals surface area (Å²) in [6, 6.07) is 6.11. The first-order valence-electron chi connectivity index (χ1n) is 6.19. The zero-order valence-electron chi connectivity index (χ0n) is 11.1. The molecule has 0 fully saturated rings. The van der Waals surface area contributed by atoms with Crippen molar-refractivity contribution in [2.75, 3.05) is 17.7 Å². The average Bonchev–Trinajstić information content (AvgIpc) is 2.97. The number of nitrogens with one attached hydrogen (secondary N) is 2. The third-order valence-electron chi connectivity index (χ3n) is 2.98. The number of rotatable bonds is 3. The van der Waals surface area contributed by atoms with Crippen LogP contribution < -0.4 is 10.6 Å². The summed E-state index contributed by atoms with van der Waals surface area (Å²) in [4.78, 5) is 8.52. The molecule has 0 unspecified atom stereocenters. The maximum absolute atomic E-state index is 13.9. The second-order valence-corrected chi connectivity index (χ2v) is 4.31. The number of aromatic nitrogens is 3. The van der Waals surface area contributed by atoms with Gasteiger partial charge in [0.15, 0.2) is 11.5 Å². The van der Waals surface area contributed by atoms with Crippen LogP contribution in [-0.2, 0) is 0 Å². The van der Waals surface area contributed by atoms with Gasteiger partial charge in [-0.25, -0.2) is 14.4 Å². The van der Waals surface area contributed by atoms with E-state index in [0.29, 0.717) is 17.3 Å². The van der Waals surface area contributed by atoms with Crippen LogP contribution in [0.3, 0.4) is 0 Å². The Morgan fingerprint density at radius 2 is 2.24 bits per heavy atom. The molecule has 0 aliphatic rings. The van der Waals surface area contributed by atoms with E-state index in [0.717, 1.165) is 0 Å². The Morgan fingerprint density at radius 3 is 2.95 bits per heavy atom. The quantitative estimate of drug-likeness (QED) is 0.771. The van der Waals surface area contributed by atoms with Crippen LogP contribution in [-0.4, -0.2) is 21.4 Å². The van der Waals surface area contributed by atoms with Crippen molar-refractivity contribution >= 4 is 23.0 Å². The molecule has 104 valence electrons. The van der Waals surface area contributed by atoms with E-state index < -0.39 is 5.82 Å². The number of fused-ring (bicyclic) bond motifs is 1. The molecule has 2 N–H and O–H groups in total. The van der Waals surface area contributed by atoms with Crippen molar-refractivity contribution in [3.8, 4) is 6.07 Å². The first-order valence-corrected chi connectivity index (χ1v) is 6.19. The molecule has 0 spiro atoms. The van der Waals surface area contributed by atoms with Crippen molar-refractivity contribution in [2.24, 2.45) is 0 Å². The normalized spacial score (nSPS) is 10.3. The van der Waals surface area contributed by atoms with Crippen LogP contribution in [0, 0.1) is 17.1 Å². The Hall–Kier alpha value is -3.14. The minimum Gasteiger partial charge on any atom is -0.372 e. The van der Waals surface area contributed by atoms with Crippen molar-refractivity contribution in [3.05, 3.63) is 48.2 Å². The summed E-state index contributed by atoms with van der Waals surface area (Å²) < 4.78 is 15.7. The average molecular weight is 282 g/mol. The van der Waals surface area contributed by atoms with Crippen molar-refractivity contribution in [1.82, 2.24) is 14.4 Å². The van der Waals surface area contributed by atoms with Gasteiger partial charge in [-0.3, -0.25) is 0 Å². The van der Waals surface area contributed by atoms with E-state index in [-0.39, 0.29) is 11.3 Å². The highest BCUT2D eigenvalue weighted by Crippen LogP contribution is 2.23. The topological polar surface area (TPSA) is 78.0 Å². The second kappa shape index (κ2) is 5.09. The molecule has 0 bridgehead atoms. The van der Waals surface area contributed by atoms with Crippen LogP contribution in [0.15, 0.2) is 36.8 Å². The molecule has 3 aromatic rings. The van der Waals surface area contributed by atoms with Crippen LogP contribution in [0.4, 0.5) is 21.7 Å². The monoisotopic (exact) mass is 282 g/mol. The predicted octanol–water partition coefficient (Wildman–Crippen LogP) is 2.53. The van der Waals surface area contributed by atoms with Gasteiger partial charge < -0.3 is 15.0 Å². The van der Waals surface area contributed by atoms with Gasteiger partial charge in [0, 0.05) is 19.4 Å². The summed E-state index contributed by atoms with van der Waals surface area (Å²) in [5.74, 6) is 0.530. The molecule has 6 nitrogen and oxygen atoms in total. The third kappa shape index (κ3) is 2.34. The fourth-order valence-corrected chi connectivity index (χ4v) is 1.95. The Bertz CT molecular complexity index is 848. The van der Waals surface area contributed by atoms with Gasteiger partial charge in [0.1, 0.15) is 11.6 Å². The smallest absolute Gasteiger partial charge is 0.180 e. The Morgan fingerprint density at radius 1 is 1.38 bits per heavy atom. The largest absolute Gasteiger partial charge is 0.372 e. The number of halogens is 1. The number of imidazole rings is 1. The fourth-order valence-electron chi connectivity index (χ4n) is 1.95. The van der Waals surface area contributed by atoms with Gasteiger partial charge in [-0.2, -0.15) is 5.26 Å². The zero-order valence-corrected chi connectivity index (χ0v) is 11.1. The number of hydrogen-bond acceptors (Lipinski definition) is 5. The van der Waals surface area contributed by atoms with Gasteiger partial charge in [0.05, 0.1) is 23.5 Å². The molecule has 2 heterocycles. The third-order valence-corrected chi connectivity index (χ3v) is 2.98. The molecule has 1 aromatic carbocycles. The summed E-state index contributed by atoms with van der Waals surface area (Å²) in [7, 11) is 1.75. The van der Waals surface area contributed by atoms with E-state index >= 15 is 0 Å². The van der Waals surface area contributed by atoms with Gasteiger partial charge in [-0.05, 0) is 18.2 Å². The number of benzene rings is 1. The fraction of sp³-hybridized carbons (Fsp3) is 0.0714. The van der Waals surface area contributed by atoms with Crippen LogP contribution in [0.5, 0.6) is 0 Å². The summed E-state index contributed by atoms with van der Waals surface area (Å²) >= 11 is 0. The van der Waals surface area contributed by atoms with Gasteiger partial charge >= 0.3 is 0 Å². The summed E-state index contributed by atoms with van der Waals surface area (Å²) in [5, 5.41) is 14.6. The van der Waals surface area contributed by atoms with Crippen molar-refractivity contribution in [2.45, 2.75) is 0 Å². The molecule has 21 heavy (non-hydrogen) atoms. The second-order valence-electron chi connectivity index (χ2n) is 4.31. The highest BCUT2D eigenvalue weighted by Gasteiger charge is 2.10. The predicted molar refractivity (Wildman–Crippen MR) is 76.9 cm³/mol. The molecule has 0 radical (unpaired) electrons. The zero-order chi connectivity index (χ0) is 14.8. The molecule has 3 rings (SSSR count). The number of nitrogens with zero attached hydrogens (tertiary/aromatic N) is 4. The van der Waals surface area contributed by atoms with Crippen LogP contribution in [0.2, 0.25) is 0 Å². The Balaban J connectivity index is 2.05. The SMILES string of the molecule is CNc1cn2ccnc2c(Nc2ccc(C#N)cc2F)n1. The summed E-state index contributed by atoms with van der Waals surface area (Å²) in [6.45, 7) is 0. The van der Waals surface area contributed by atoms with E-state index in [4.69, 9.17) is 5.26 Å². The van der Waals surface area contributed by atoms with Gasteiger partial charge in [-0.15, -0.1) is 0 Å². The summed E-state index contributed by atoms with van der Waals surface area (Å²) in [5.41, 5.74) is 1.08. The molecular weight excluding hydrogens is 271 g/mol. The highest BCUT2D eigenvalue weighted by molar-refractivity contribution is 5.72. The van der Waals surface area contributed by atoms with E-state index in [1.54, 1.807) is 30.0 Å². The molecule has 2 aromatic heterocycles. The lowest BCUT2D eigenvalue weighted by atomic mass is 10.2. The van der Waals surface area contributed by atoms with Crippen LogP contribution >= 0.6 is 0 Å². The minimum absolute atomic E-state index is 0.236. The van der Waals surface area contributed by atoms with Gasteiger partial charge in [0.2, 0.25) is 0 Å². The molecule has 0 saturated heterocycles. The first kappa shape index (κ1) is 12.9. The van der Waals surface area contributed by atoms with E-state index in [2.05, 4.69) is 20.6 Å². The maximum atomic E-state index is 13.9. The Kier molecular flexibility index (Phi) is 3.12. The number of nitriles is 1. The maximum Gasteiger partial charge on any atom is 0.180 e. The van der Waals surface area contributed by atoms with Crippen LogP contribution in [0.25, 0.3) is 5.65 Å². The van der Waals surface area contributed by atoms with E-state index in [1.165, 1.54) is 18.2 Å². The Labute approximate surface area is 119 Å². The lowest BCUT2D eigenvalue weighted by molar-refractivity contribution is 0.631. The standard InChI is InChI=1S/C14H11FN6/c1-17-12-8-21-5-4-18-14(21)13(20-12)19-11-3-2-9(7-16)6-10(11)15/h2-6,8,17H,1H3,(H,19,20). The van der Waals surface area contributed by atoms with Crippen molar-refractivity contribution in [1.29, 1.82) is 5.26 Å².